The molecule has 0 aromatic carbocycles. The van der Waals surface area contributed by atoms with Gasteiger partial charge >= 0.3 is 0 Å². The van der Waals surface area contributed by atoms with E-state index in [0.717, 1.165) is 19.3 Å². The van der Waals surface area contributed by atoms with Gasteiger partial charge in [-0.3, -0.25) is 0 Å². The minimum atomic E-state index is -0.496. The van der Waals surface area contributed by atoms with Crippen molar-refractivity contribution in [1.29, 1.82) is 5.26 Å². The van der Waals surface area contributed by atoms with Gasteiger partial charge in [0.05, 0.1) is 18.1 Å². The Labute approximate surface area is 78.6 Å². The molecule has 3 heteroatoms. The molecule has 1 saturated carbocycles. The minimum absolute atomic E-state index is 0.0127. The first-order chi connectivity index (χ1) is 6.08. The van der Waals surface area contributed by atoms with Gasteiger partial charge in [0.15, 0.2) is 5.79 Å². The zero-order valence-corrected chi connectivity index (χ0v) is 8.17. The van der Waals surface area contributed by atoms with Crippen LogP contribution in [0, 0.1) is 16.7 Å². The highest BCUT2D eigenvalue weighted by Gasteiger charge is 2.50. The monoisotopic (exact) mass is 181 g/mol. The summed E-state index contributed by atoms with van der Waals surface area (Å²) in [5.74, 6) is -0.496. The lowest BCUT2D eigenvalue weighted by atomic mass is 9.66. The molecule has 0 bridgehead atoms. The Bertz CT molecular complexity index is 250. The van der Waals surface area contributed by atoms with Gasteiger partial charge in [-0.05, 0) is 26.7 Å². The van der Waals surface area contributed by atoms with E-state index in [4.69, 9.17) is 14.7 Å². The molecule has 2 fully saturated rings. The maximum Gasteiger partial charge on any atom is 0.163 e. The first kappa shape index (κ1) is 8.98. The Morgan fingerprint density at radius 1 is 1.38 bits per heavy atom. The lowest BCUT2D eigenvalue weighted by Gasteiger charge is -2.39. The Kier molecular flexibility index (Phi) is 1.86. The van der Waals surface area contributed by atoms with Crippen LogP contribution in [0.3, 0.4) is 0 Å². The molecule has 72 valence electrons. The van der Waals surface area contributed by atoms with Crippen molar-refractivity contribution in [3.8, 4) is 6.07 Å². The number of hydrogen-bond donors (Lipinski definition) is 0. The van der Waals surface area contributed by atoms with Crippen LogP contribution in [0.4, 0.5) is 0 Å². The Morgan fingerprint density at radius 2 is 2.08 bits per heavy atom. The molecule has 3 nitrogen and oxygen atoms in total. The molecule has 0 N–H and O–H groups in total. The molecular formula is C10H15NO2. The highest BCUT2D eigenvalue weighted by atomic mass is 16.7. The van der Waals surface area contributed by atoms with E-state index in [1.165, 1.54) is 0 Å². The topological polar surface area (TPSA) is 42.2 Å². The summed E-state index contributed by atoms with van der Waals surface area (Å²) in [7, 11) is 0. The second kappa shape index (κ2) is 2.70. The summed E-state index contributed by atoms with van der Waals surface area (Å²) < 4.78 is 11.2. The van der Waals surface area contributed by atoms with Gasteiger partial charge in [-0.2, -0.15) is 5.26 Å². The summed E-state index contributed by atoms with van der Waals surface area (Å²) in [5, 5.41) is 9.08. The lowest BCUT2D eigenvalue weighted by molar-refractivity contribution is -0.155. The summed E-state index contributed by atoms with van der Waals surface area (Å²) in [6.45, 7) is 4.37. The molecule has 0 aromatic rings. The SMILES string of the molecule is CC1(C)OCC(C2(C#N)CCC2)O1. The van der Waals surface area contributed by atoms with Crippen molar-refractivity contribution in [1.82, 2.24) is 0 Å². The van der Waals surface area contributed by atoms with E-state index in [-0.39, 0.29) is 11.5 Å². The third kappa shape index (κ3) is 1.34. The first-order valence-corrected chi connectivity index (χ1v) is 4.81. The van der Waals surface area contributed by atoms with E-state index in [2.05, 4.69) is 6.07 Å². The molecule has 2 rings (SSSR count). The van der Waals surface area contributed by atoms with Crippen LogP contribution < -0.4 is 0 Å². The molecule has 13 heavy (non-hydrogen) atoms. The lowest BCUT2D eigenvalue weighted by Crippen LogP contribution is -2.42. The quantitative estimate of drug-likeness (QED) is 0.619. The summed E-state index contributed by atoms with van der Waals surface area (Å²) in [6.07, 6.45) is 3.07. The summed E-state index contributed by atoms with van der Waals surface area (Å²) in [5.41, 5.74) is -0.242. The second-order valence-corrected chi connectivity index (χ2v) is 4.44. The van der Waals surface area contributed by atoms with Crippen LogP contribution in [0.5, 0.6) is 0 Å². The first-order valence-electron chi connectivity index (χ1n) is 4.81. The highest BCUT2D eigenvalue weighted by molar-refractivity contribution is 5.10. The van der Waals surface area contributed by atoms with E-state index in [0.29, 0.717) is 6.61 Å². The molecule has 1 heterocycles. The van der Waals surface area contributed by atoms with Crippen molar-refractivity contribution in [2.45, 2.75) is 45.0 Å². The van der Waals surface area contributed by atoms with Gasteiger partial charge in [-0.1, -0.05) is 6.42 Å². The molecule has 1 saturated heterocycles. The Balaban J connectivity index is 2.07. The van der Waals surface area contributed by atoms with E-state index < -0.39 is 5.79 Å². The summed E-state index contributed by atoms with van der Waals surface area (Å²) in [4.78, 5) is 0. The fourth-order valence-corrected chi connectivity index (χ4v) is 2.02. The van der Waals surface area contributed by atoms with Crippen LogP contribution in [0.25, 0.3) is 0 Å². The van der Waals surface area contributed by atoms with Crippen LogP contribution in [-0.2, 0) is 9.47 Å². The normalized spacial score (nSPS) is 35.0. The van der Waals surface area contributed by atoms with Crippen LogP contribution >= 0.6 is 0 Å². The van der Waals surface area contributed by atoms with E-state index in [1.54, 1.807) is 0 Å². The second-order valence-electron chi connectivity index (χ2n) is 4.44. The van der Waals surface area contributed by atoms with Gasteiger partial charge in [0.1, 0.15) is 6.10 Å². The smallest absolute Gasteiger partial charge is 0.163 e. The molecular weight excluding hydrogens is 166 g/mol. The van der Waals surface area contributed by atoms with Crippen molar-refractivity contribution < 1.29 is 9.47 Å². The number of nitriles is 1. The third-order valence-electron chi connectivity index (χ3n) is 3.09. The van der Waals surface area contributed by atoms with Gasteiger partial charge in [0.2, 0.25) is 0 Å². The average molecular weight is 181 g/mol. The Morgan fingerprint density at radius 3 is 2.38 bits per heavy atom. The van der Waals surface area contributed by atoms with Crippen molar-refractivity contribution in [3.63, 3.8) is 0 Å². The molecule has 0 radical (unpaired) electrons. The standard InChI is InChI=1S/C10H15NO2/c1-9(2)12-6-8(13-9)10(7-11)4-3-5-10/h8H,3-6H2,1-2H3. The maximum absolute atomic E-state index is 9.08. The van der Waals surface area contributed by atoms with Gasteiger partial charge in [0.25, 0.3) is 0 Å². The molecule has 0 spiro atoms. The predicted octanol–water partition coefficient (Wildman–Crippen LogP) is 1.83. The summed E-state index contributed by atoms with van der Waals surface area (Å²) in [6, 6.07) is 2.39. The summed E-state index contributed by atoms with van der Waals surface area (Å²) >= 11 is 0. The van der Waals surface area contributed by atoms with Crippen molar-refractivity contribution in [2.24, 2.45) is 5.41 Å². The van der Waals surface area contributed by atoms with Crippen molar-refractivity contribution in [2.75, 3.05) is 6.61 Å². The molecule has 1 atom stereocenters. The number of hydrogen-bond acceptors (Lipinski definition) is 3. The van der Waals surface area contributed by atoms with Gasteiger partial charge < -0.3 is 9.47 Å². The van der Waals surface area contributed by atoms with Gasteiger partial charge in [-0.25, -0.2) is 0 Å². The van der Waals surface area contributed by atoms with E-state index >= 15 is 0 Å². The third-order valence-corrected chi connectivity index (χ3v) is 3.09. The predicted molar refractivity (Wildman–Crippen MR) is 46.8 cm³/mol. The van der Waals surface area contributed by atoms with Crippen LogP contribution in [0.15, 0.2) is 0 Å². The zero-order chi connectivity index (χ0) is 9.53. The molecule has 1 unspecified atom stereocenters. The van der Waals surface area contributed by atoms with Crippen LogP contribution in [0.1, 0.15) is 33.1 Å². The molecule has 1 aliphatic carbocycles. The van der Waals surface area contributed by atoms with Crippen LogP contribution in [0.2, 0.25) is 0 Å². The largest absolute Gasteiger partial charge is 0.348 e. The molecule has 2 aliphatic rings. The van der Waals surface area contributed by atoms with Gasteiger partial charge in [-0.15, -0.1) is 0 Å². The van der Waals surface area contributed by atoms with E-state index in [1.807, 2.05) is 13.8 Å². The average Bonchev–Trinajstić information content (AvgIpc) is 2.30. The zero-order valence-electron chi connectivity index (χ0n) is 8.17. The van der Waals surface area contributed by atoms with Crippen LogP contribution in [-0.4, -0.2) is 18.5 Å². The fraction of sp³-hybridized carbons (Fsp3) is 0.900. The highest BCUT2D eigenvalue weighted by Crippen LogP contribution is 2.47. The number of ether oxygens (including phenoxy) is 2. The van der Waals surface area contributed by atoms with E-state index in [9.17, 15) is 0 Å². The minimum Gasteiger partial charge on any atom is -0.348 e. The van der Waals surface area contributed by atoms with Crippen molar-refractivity contribution in [3.05, 3.63) is 0 Å². The number of rotatable bonds is 1. The number of nitrogens with zero attached hydrogens (tertiary/aromatic N) is 1. The fourth-order valence-electron chi connectivity index (χ4n) is 2.02. The molecule has 0 amide bonds. The molecule has 1 aliphatic heterocycles. The van der Waals surface area contributed by atoms with Crippen molar-refractivity contribution >= 4 is 0 Å². The van der Waals surface area contributed by atoms with Gasteiger partial charge in [0, 0.05) is 0 Å². The maximum atomic E-state index is 9.08. The molecule has 0 aromatic heterocycles. The Hall–Kier alpha value is -0.590.